The number of rotatable bonds is 15. The van der Waals surface area contributed by atoms with Crippen LogP contribution >= 0.6 is 0 Å². The van der Waals surface area contributed by atoms with Crippen LogP contribution in [0.4, 0.5) is 0 Å². The van der Waals surface area contributed by atoms with E-state index in [1.54, 1.807) is 6.92 Å². The normalized spacial score (nSPS) is 12.3. The molecular weight excluding hydrogens is 280 g/mol. The minimum Gasteiger partial charge on any atom is -0.436 e. The van der Waals surface area contributed by atoms with E-state index in [0.717, 1.165) is 6.42 Å². The molecule has 0 aromatic carbocycles. The van der Waals surface area contributed by atoms with Gasteiger partial charge < -0.3 is 28.8 Å². The molecule has 0 aliphatic heterocycles. The predicted molar refractivity (Wildman–Crippen MR) is 76.0 cm³/mol. The van der Waals surface area contributed by atoms with Gasteiger partial charge in [-0.2, -0.15) is 0 Å². The Morgan fingerprint density at radius 3 is 2.00 bits per heavy atom. The van der Waals surface area contributed by atoms with Crippen LogP contribution in [0, 0.1) is 0 Å². The minimum atomic E-state index is -0.549. The second-order valence-electron chi connectivity index (χ2n) is 4.24. The van der Waals surface area contributed by atoms with Crippen LogP contribution in [0.25, 0.3) is 0 Å². The van der Waals surface area contributed by atoms with Gasteiger partial charge in [0.1, 0.15) is 0 Å². The molecule has 0 spiro atoms. The third-order valence-electron chi connectivity index (χ3n) is 2.31. The highest BCUT2D eigenvalue weighted by Gasteiger charge is 2.07. The lowest BCUT2D eigenvalue weighted by molar-refractivity contribution is -0.177. The molecule has 21 heavy (non-hydrogen) atoms. The van der Waals surface area contributed by atoms with Gasteiger partial charge in [0, 0.05) is 6.42 Å². The van der Waals surface area contributed by atoms with Gasteiger partial charge >= 0.3 is 5.97 Å². The molecule has 126 valence electrons. The average Bonchev–Trinajstić information content (AvgIpc) is 2.45. The molecule has 0 fully saturated rings. The van der Waals surface area contributed by atoms with Crippen LogP contribution in [0.15, 0.2) is 0 Å². The summed E-state index contributed by atoms with van der Waals surface area (Å²) in [5, 5.41) is 8.48. The van der Waals surface area contributed by atoms with Crippen molar-refractivity contribution in [1.82, 2.24) is 0 Å². The van der Waals surface area contributed by atoms with Gasteiger partial charge in [-0.15, -0.1) is 0 Å². The number of carbonyl (C=O) groups excluding carboxylic acids is 1. The van der Waals surface area contributed by atoms with E-state index in [0.29, 0.717) is 52.7 Å². The highest BCUT2D eigenvalue weighted by atomic mass is 16.7. The van der Waals surface area contributed by atoms with Crippen molar-refractivity contribution in [3.8, 4) is 0 Å². The van der Waals surface area contributed by atoms with E-state index in [-0.39, 0.29) is 12.6 Å². The Morgan fingerprint density at radius 1 is 0.952 bits per heavy atom. The Morgan fingerprint density at radius 2 is 1.48 bits per heavy atom. The van der Waals surface area contributed by atoms with Gasteiger partial charge in [-0.3, -0.25) is 4.79 Å². The number of aliphatic hydroxyl groups excluding tert-OH is 1. The van der Waals surface area contributed by atoms with Gasteiger partial charge in [0.15, 0.2) is 6.29 Å². The van der Waals surface area contributed by atoms with E-state index in [4.69, 9.17) is 28.8 Å². The molecule has 0 aromatic rings. The third kappa shape index (κ3) is 15.5. The smallest absolute Gasteiger partial charge is 0.308 e. The molecular formula is C14H28O7. The molecule has 1 N–H and O–H groups in total. The average molecular weight is 308 g/mol. The molecule has 0 bridgehead atoms. The van der Waals surface area contributed by atoms with Gasteiger partial charge in [-0.05, 0) is 13.3 Å². The first-order chi connectivity index (χ1) is 10.2. The third-order valence-corrected chi connectivity index (χ3v) is 2.31. The second kappa shape index (κ2) is 15.7. The number of ether oxygens (including phenoxy) is 5. The molecule has 0 aliphatic rings. The maximum atomic E-state index is 11.2. The molecule has 7 nitrogen and oxygen atoms in total. The molecule has 0 amide bonds. The fraction of sp³-hybridized carbons (Fsp3) is 0.929. The topological polar surface area (TPSA) is 83.5 Å². The van der Waals surface area contributed by atoms with Crippen LogP contribution in [-0.4, -0.2) is 70.2 Å². The zero-order valence-electron chi connectivity index (χ0n) is 13.0. The van der Waals surface area contributed by atoms with Crippen LogP contribution in [0.1, 0.15) is 26.7 Å². The van der Waals surface area contributed by atoms with Crippen molar-refractivity contribution in [1.29, 1.82) is 0 Å². The van der Waals surface area contributed by atoms with Gasteiger partial charge in [0.05, 0.1) is 52.9 Å². The Balaban J connectivity index is 3.19. The van der Waals surface area contributed by atoms with Crippen molar-refractivity contribution in [2.24, 2.45) is 0 Å². The maximum Gasteiger partial charge on any atom is 0.308 e. The Labute approximate surface area is 126 Å². The standard InChI is InChI=1S/C14H28O7/c1-3-4-14(16)21-13(2)20-12-11-19-10-9-18-8-7-17-6-5-15/h13,15H,3-12H2,1-2H3. The summed E-state index contributed by atoms with van der Waals surface area (Å²) in [6, 6.07) is 0. The van der Waals surface area contributed by atoms with Crippen LogP contribution in [-0.2, 0) is 28.5 Å². The van der Waals surface area contributed by atoms with E-state index in [9.17, 15) is 4.79 Å². The summed E-state index contributed by atoms with van der Waals surface area (Å²) < 4.78 is 25.9. The molecule has 0 aliphatic carbocycles. The van der Waals surface area contributed by atoms with Gasteiger partial charge in [-0.1, -0.05) is 6.92 Å². The number of carbonyl (C=O) groups is 1. The zero-order chi connectivity index (χ0) is 15.8. The van der Waals surface area contributed by atoms with E-state index >= 15 is 0 Å². The first-order valence-corrected chi connectivity index (χ1v) is 7.35. The molecule has 0 saturated heterocycles. The lowest BCUT2D eigenvalue weighted by Gasteiger charge is -2.14. The van der Waals surface area contributed by atoms with Crippen LogP contribution in [0.5, 0.6) is 0 Å². The zero-order valence-corrected chi connectivity index (χ0v) is 13.0. The summed E-state index contributed by atoms with van der Waals surface area (Å²) in [5.74, 6) is -0.247. The minimum absolute atomic E-state index is 0.0231. The summed E-state index contributed by atoms with van der Waals surface area (Å²) in [5.41, 5.74) is 0. The fourth-order valence-electron chi connectivity index (χ4n) is 1.36. The molecule has 1 unspecified atom stereocenters. The van der Waals surface area contributed by atoms with Crippen LogP contribution in [0.2, 0.25) is 0 Å². The fourth-order valence-corrected chi connectivity index (χ4v) is 1.36. The van der Waals surface area contributed by atoms with Crippen molar-refractivity contribution in [3.63, 3.8) is 0 Å². The highest BCUT2D eigenvalue weighted by molar-refractivity contribution is 5.69. The SMILES string of the molecule is CCCC(=O)OC(C)OCCOCCOCCOCCO. The van der Waals surface area contributed by atoms with Gasteiger partial charge in [0.2, 0.25) is 0 Å². The summed E-state index contributed by atoms with van der Waals surface area (Å²) in [7, 11) is 0. The van der Waals surface area contributed by atoms with Crippen LogP contribution in [0.3, 0.4) is 0 Å². The number of aliphatic hydroxyl groups is 1. The van der Waals surface area contributed by atoms with Crippen LogP contribution < -0.4 is 0 Å². The Kier molecular flexibility index (Phi) is 15.1. The summed E-state index contributed by atoms with van der Waals surface area (Å²) in [4.78, 5) is 11.2. The monoisotopic (exact) mass is 308 g/mol. The Hall–Kier alpha value is -0.730. The van der Waals surface area contributed by atoms with Crippen molar-refractivity contribution in [2.75, 3.05) is 52.9 Å². The van der Waals surface area contributed by atoms with E-state index in [1.165, 1.54) is 0 Å². The van der Waals surface area contributed by atoms with Crippen molar-refractivity contribution in [3.05, 3.63) is 0 Å². The molecule has 0 radical (unpaired) electrons. The Bertz CT molecular complexity index is 235. The molecule has 0 heterocycles. The summed E-state index contributed by atoms with van der Waals surface area (Å²) >= 11 is 0. The lowest BCUT2D eigenvalue weighted by Crippen LogP contribution is -2.20. The first kappa shape index (κ1) is 20.3. The molecule has 7 heteroatoms. The lowest BCUT2D eigenvalue weighted by atomic mass is 10.3. The molecule has 0 aromatic heterocycles. The van der Waals surface area contributed by atoms with Gasteiger partial charge in [0.25, 0.3) is 0 Å². The number of esters is 1. The van der Waals surface area contributed by atoms with E-state index in [1.807, 2.05) is 6.92 Å². The highest BCUT2D eigenvalue weighted by Crippen LogP contribution is 1.98. The summed E-state index contributed by atoms with van der Waals surface area (Å²) in [6.45, 7) is 6.61. The predicted octanol–water partition coefficient (Wildman–Crippen LogP) is 0.734. The van der Waals surface area contributed by atoms with Gasteiger partial charge in [-0.25, -0.2) is 0 Å². The number of hydrogen-bond donors (Lipinski definition) is 1. The quantitative estimate of drug-likeness (QED) is 0.271. The van der Waals surface area contributed by atoms with E-state index < -0.39 is 6.29 Å². The molecule has 1 atom stereocenters. The van der Waals surface area contributed by atoms with E-state index in [2.05, 4.69) is 0 Å². The van der Waals surface area contributed by atoms with Crippen molar-refractivity contribution < 1.29 is 33.6 Å². The van der Waals surface area contributed by atoms with Crippen molar-refractivity contribution in [2.45, 2.75) is 33.0 Å². The number of hydrogen-bond acceptors (Lipinski definition) is 7. The van der Waals surface area contributed by atoms with Crippen molar-refractivity contribution >= 4 is 5.97 Å². The molecule has 0 rings (SSSR count). The maximum absolute atomic E-state index is 11.2. The largest absolute Gasteiger partial charge is 0.436 e. The summed E-state index contributed by atoms with van der Waals surface area (Å²) in [6.07, 6.45) is 0.621. The second-order valence-corrected chi connectivity index (χ2v) is 4.24. The first-order valence-electron chi connectivity index (χ1n) is 7.35. The molecule has 0 saturated carbocycles.